The first kappa shape index (κ1) is 20.3. The van der Waals surface area contributed by atoms with Crippen LogP contribution in [0.4, 0.5) is 5.00 Å². The number of anilines is 1. The molecule has 1 N–H and O–H groups in total. The van der Waals surface area contributed by atoms with E-state index < -0.39 is 0 Å². The second-order valence-corrected chi connectivity index (χ2v) is 11.0. The standard InChI is InChI=1S/C28H28N2S2/c1-3-7-19(8-4-1)21-11-15-23(16-12-21)25-29-27-28(31-25)30-26(32-27)24-17-13-22(14-18-24)20-9-5-2-6-10-20/h1-3,5,7,9,11,13,15,17,25,29H,4,6,8,10,12,14,16,18H2. The maximum atomic E-state index is 5.02. The van der Waals surface area contributed by atoms with Crippen LogP contribution in [-0.2, 0) is 0 Å². The second kappa shape index (κ2) is 8.92. The van der Waals surface area contributed by atoms with E-state index in [0.717, 1.165) is 25.7 Å². The van der Waals surface area contributed by atoms with Gasteiger partial charge in [-0.1, -0.05) is 83.9 Å². The van der Waals surface area contributed by atoms with Gasteiger partial charge >= 0.3 is 0 Å². The monoisotopic (exact) mass is 456 g/mol. The number of aromatic nitrogens is 1. The Kier molecular flexibility index (Phi) is 5.66. The van der Waals surface area contributed by atoms with Crippen molar-refractivity contribution >= 4 is 33.7 Å². The molecule has 0 saturated carbocycles. The third-order valence-electron chi connectivity index (χ3n) is 6.88. The van der Waals surface area contributed by atoms with Gasteiger partial charge in [-0.05, 0) is 84.8 Å². The molecular formula is C28H28N2S2. The summed E-state index contributed by atoms with van der Waals surface area (Å²) < 4.78 is 0. The Morgan fingerprint density at radius 3 is 1.88 bits per heavy atom. The number of nitrogens with one attached hydrogen (secondary N) is 1. The SMILES string of the molecule is C1=CCCC(C2=CC=C(c3nc4c(s3)NC(C3=CC=C(C5=CC=CCC5)CC3)S4)CC2)=C1. The van der Waals surface area contributed by atoms with Gasteiger partial charge in [0.15, 0.2) is 0 Å². The van der Waals surface area contributed by atoms with Gasteiger partial charge in [0.1, 0.15) is 20.4 Å². The Bertz CT molecular complexity index is 1160. The van der Waals surface area contributed by atoms with Crippen LogP contribution in [0.5, 0.6) is 0 Å². The lowest BCUT2D eigenvalue weighted by Crippen LogP contribution is -2.15. The normalized spacial score (nSPS) is 24.6. The number of nitrogens with zero attached hydrogens (tertiary/aromatic N) is 1. The van der Waals surface area contributed by atoms with Gasteiger partial charge in [-0.25, -0.2) is 4.98 Å². The van der Waals surface area contributed by atoms with Crippen molar-refractivity contribution in [3.8, 4) is 0 Å². The van der Waals surface area contributed by atoms with Gasteiger partial charge in [-0.15, -0.1) is 0 Å². The van der Waals surface area contributed by atoms with Crippen molar-refractivity contribution < 1.29 is 0 Å². The summed E-state index contributed by atoms with van der Waals surface area (Å²) in [4.78, 5) is 5.02. The molecule has 4 aliphatic carbocycles. The summed E-state index contributed by atoms with van der Waals surface area (Å²) in [5.74, 6) is 0. The Morgan fingerprint density at radius 2 is 1.31 bits per heavy atom. The molecule has 2 heterocycles. The third-order valence-corrected chi connectivity index (χ3v) is 9.25. The first-order chi connectivity index (χ1) is 15.8. The van der Waals surface area contributed by atoms with E-state index in [1.807, 2.05) is 23.1 Å². The fraction of sp³-hybridized carbons (Fsp3) is 0.321. The number of allylic oxidation sites excluding steroid dienone is 15. The second-order valence-electron chi connectivity index (χ2n) is 8.93. The first-order valence-corrected chi connectivity index (χ1v) is 13.5. The van der Waals surface area contributed by atoms with Crippen molar-refractivity contribution in [3.63, 3.8) is 0 Å². The van der Waals surface area contributed by atoms with Crippen molar-refractivity contribution in [1.82, 2.24) is 4.98 Å². The number of hydrogen-bond acceptors (Lipinski definition) is 4. The summed E-state index contributed by atoms with van der Waals surface area (Å²) in [6.45, 7) is 0. The van der Waals surface area contributed by atoms with Gasteiger partial charge in [0.05, 0.1) is 0 Å². The van der Waals surface area contributed by atoms with Crippen LogP contribution in [0, 0.1) is 0 Å². The predicted molar refractivity (Wildman–Crippen MR) is 139 cm³/mol. The number of fused-ring (bicyclic) bond motifs is 1. The molecule has 5 aliphatic rings. The molecule has 0 amide bonds. The van der Waals surface area contributed by atoms with E-state index in [9.17, 15) is 0 Å². The lowest BCUT2D eigenvalue weighted by molar-refractivity contribution is 0.850. The van der Waals surface area contributed by atoms with Gasteiger partial charge in [0.2, 0.25) is 0 Å². The van der Waals surface area contributed by atoms with E-state index >= 15 is 0 Å². The molecule has 0 bridgehead atoms. The molecule has 1 aromatic heterocycles. The van der Waals surface area contributed by atoms with E-state index in [-0.39, 0.29) is 0 Å². The molecule has 6 rings (SSSR count). The molecule has 1 atom stereocenters. The largest absolute Gasteiger partial charge is 0.359 e. The lowest BCUT2D eigenvalue weighted by Gasteiger charge is -2.21. The van der Waals surface area contributed by atoms with Crippen LogP contribution in [0.3, 0.4) is 0 Å². The summed E-state index contributed by atoms with van der Waals surface area (Å²) >= 11 is 3.72. The summed E-state index contributed by atoms with van der Waals surface area (Å²) in [7, 11) is 0. The molecule has 162 valence electrons. The number of hydrogen-bond donors (Lipinski definition) is 1. The number of rotatable bonds is 4. The van der Waals surface area contributed by atoms with Gasteiger partial charge in [0.25, 0.3) is 0 Å². The van der Waals surface area contributed by atoms with Crippen LogP contribution >= 0.6 is 23.1 Å². The van der Waals surface area contributed by atoms with Crippen LogP contribution < -0.4 is 5.32 Å². The highest BCUT2D eigenvalue weighted by atomic mass is 32.2. The van der Waals surface area contributed by atoms with Gasteiger partial charge in [-0.2, -0.15) is 0 Å². The molecule has 0 fully saturated rings. The third kappa shape index (κ3) is 4.06. The molecule has 2 nitrogen and oxygen atoms in total. The fourth-order valence-electron chi connectivity index (χ4n) is 5.01. The summed E-state index contributed by atoms with van der Waals surface area (Å²) in [6, 6.07) is 0. The molecular weight excluding hydrogens is 428 g/mol. The van der Waals surface area contributed by atoms with E-state index in [0.29, 0.717) is 5.37 Å². The van der Waals surface area contributed by atoms with Crippen molar-refractivity contribution in [1.29, 1.82) is 0 Å². The minimum atomic E-state index is 0.342. The van der Waals surface area contributed by atoms with Crippen molar-refractivity contribution in [2.45, 2.75) is 61.8 Å². The zero-order valence-corrected chi connectivity index (χ0v) is 19.9. The van der Waals surface area contributed by atoms with Crippen LogP contribution in [-0.4, -0.2) is 10.4 Å². The molecule has 32 heavy (non-hydrogen) atoms. The molecule has 0 radical (unpaired) electrons. The molecule has 1 aliphatic heterocycles. The Balaban J connectivity index is 1.13. The predicted octanol–water partition coefficient (Wildman–Crippen LogP) is 8.29. The topological polar surface area (TPSA) is 24.9 Å². The summed E-state index contributed by atoms with van der Waals surface area (Å²) in [5.41, 5.74) is 8.95. The van der Waals surface area contributed by atoms with Crippen molar-refractivity contribution in [2.75, 3.05) is 5.32 Å². The Labute approximate surface area is 199 Å². The zero-order chi connectivity index (χ0) is 21.3. The van der Waals surface area contributed by atoms with Crippen molar-refractivity contribution in [2.24, 2.45) is 0 Å². The van der Waals surface area contributed by atoms with Crippen LogP contribution in [0.15, 0.2) is 93.7 Å². The fourth-order valence-corrected chi connectivity index (χ4v) is 7.41. The lowest BCUT2D eigenvalue weighted by atomic mass is 9.89. The number of thiazole rings is 1. The zero-order valence-electron chi connectivity index (χ0n) is 18.3. The highest BCUT2D eigenvalue weighted by Crippen LogP contribution is 2.48. The minimum Gasteiger partial charge on any atom is -0.359 e. The summed E-state index contributed by atoms with van der Waals surface area (Å²) in [5, 5.41) is 7.72. The van der Waals surface area contributed by atoms with Gasteiger partial charge in [-0.3, -0.25) is 0 Å². The highest BCUT2D eigenvalue weighted by molar-refractivity contribution is 8.00. The van der Waals surface area contributed by atoms with Crippen LogP contribution in [0.25, 0.3) is 5.57 Å². The smallest absolute Gasteiger partial charge is 0.134 e. The average molecular weight is 457 g/mol. The quantitative estimate of drug-likeness (QED) is 0.493. The summed E-state index contributed by atoms with van der Waals surface area (Å²) in [6.07, 6.45) is 32.1. The highest BCUT2D eigenvalue weighted by Gasteiger charge is 2.30. The maximum absolute atomic E-state index is 5.02. The molecule has 1 unspecified atom stereocenters. The van der Waals surface area contributed by atoms with Gasteiger partial charge < -0.3 is 5.32 Å². The van der Waals surface area contributed by atoms with Crippen molar-refractivity contribution in [3.05, 3.63) is 93.6 Å². The van der Waals surface area contributed by atoms with Crippen LogP contribution in [0.2, 0.25) is 0 Å². The van der Waals surface area contributed by atoms with E-state index in [2.05, 4.69) is 66.1 Å². The maximum Gasteiger partial charge on any atom is 0.134 e. The molecule has 4 heteroatoms. The Hall–Kier alpha value is -2.30. The average Bonchev–Trinajstić information content (AvgIpc) is 3.45. The van der Waals surface area contributed by atoms with Gasteiger partial charge in [0, 0.05) is 0 Å². The minimum absolute atomic E-state index is 0.342. The van der Waals surface area contributed by atoms with Crippen LogP contribution in [0.1, 0.15) is 56.4 Å². The van der Waals surface area contributed by atoms with E-state index in [4.69, 9.17) is 4.98 Å². The van der Waals surface area contributed by atoms with E-state index in [1.165, 1.54) is 74.2 Å². The molecule has 0 aromatic carbocycles. The van der Waals surface area contributed by atoms with E-state index in [1.54, 1.807) is 0 Å². The molecule has 0 spiro atoms. The Morgan fingerprint density at radius 1 is 0.688 bits per heavy atom. The molecule has 0 saturated heterocycles. The number of thioether (sulfide) groups is 1. The molecule has 1 aromatic rings. The first-order valence-electron chi connectivity index (χ1n) is 11.8.